The van der Waals surface area contributed by atoms with Gasteiger partial charge in [-0.15, -0.1) is 0 Å². The number of hydrogen-bond acceptors (Lipinski definition) is 7. The van der Waals surface area contributed by atoms with Crippen LogP contribution in [0.15, 0.2) is 84.2 Å². The maximum atomic E-state index is 12.8. The van der Waals surface area contributed by atoms with Crippen LogP contribution in [0.4, 0.5) is 11.4 Å². The average Bonchev–Trinajstić information content (AvgIpc) is 2.90. The van der Waals surface area contributed by atoms with Crippen LogP contribution in [0.1, 0.15) is 31.8 Å². The number of non-ortho nitro benzene ring substituents is 1. The summed E-state index contributed by atoms with van der Waals surface area (Å²) in [7, 11) is 0. The molecule has 0 atom stereocenters. The number of aliphatic hydroxyl groups excluding tert-OH is 1. The number of amides is 2. The van der Waals surface area contributed by atoms with Crippen molar-refractivity contribution in [1.82, 2.24) is 4.90 Å². The molecule has 0 aliphatic carbocycles. The van der Waals surface area contributed by atoms with Crippen LogP contribution in [-0.2, 0) is 6.54 Å². The highest BCUT2D eigenvalue weighted by atomic mass is 16.6. The molecule has 0 saturated carbocycles. The summed E-state index contributed by atoms with van der Waals surface area (Å²) in [5.41, 5.74) is 6.26. The number of nitrogens with zero attached hydrogens (tertiary/aromatic N) is 4. The molecule has 2 amide bonds. The Hall–Kier alpha value is -4.96. The molecule has 0 spiro atoms. The van der Waals surface area contributed by atoms with Crippen molar-refractivity contribution in [3.8, 4) is 0 Å². The fourth-order valence-electron chi connectivity index (χ4n) is 4.37. The van der Waals surface area contributed by atoms with Crippen molar-refractivity contribution in [3.63, 3.8) is 0 Å². The molecule has 0 saturated heterocycles. The molecular weight excluding hydrogens is 474 g/mol. The number of benzene rings is 3. The van der Waals surface area contributed by atoms with E-state index in [0.29, 0.717) is 34.1 Å². The zero-order valence-corrected chi connectivity index (χ0v) is 19.6. The monoisotopic (exact) mass is 496 g/mol. The van der Waals surface area contributed by atoms with Crippen molar-refractivity contribution in [2.75, 3.05) is 18.6 Å². The first-order valence-corrected chi connectivity index (χ1v) is 11.5. The van der Waals surface area contributed by atoms with Gasteiger partial charge in [0, 0.05) is 45.7 Å². The molecular formula is C27H22N5O5+. The van der Waals surface area contributed by atoms with Gasteiger partial charge in [-0.1, -0.05) is 12.1 Å². The number of hydrogen-bond donors (Lipinski definition) is 2. The first-order chi connectivity index (χ1) is 18.0. The Kier molecular flexibility index (Phi) is 6.40. The Labute approximate surface area is 211 Å². The lowest BCUT2D eigenvalue weighted by Crippen LogP contribution is -2.41. The number of β-amino-alcohol motifs (C(OH)–C–C–N with tert-alkyl or cyclic N) is 1. The Balaban J connectivity index is 1.36. The number of hydrazone groups is 1. The molecule has 10 nitrogen and oxygen atoms in total. The molecule has 0 radical (unpaired) electrons. The van der Waals surface area contributed by atoms with E-state index in [1.165, 1.54) is 12.1 Å². The van der Waals surface area contributed by atoms with E-state index < -0.39 is 16.7 Å². The second-order valence-corrected chi connectivity index (χ2v) is 8.48. The molecule has 10 heteroatoms. The lowest BCUT2D eigenvalue weighted by molar-refractivity contribution is -0.688. The summed E-state index contributed by atoms with van der Waals surface area (Å²) < 4.78 is 1.94. The van der Waals surface area contributed by atoms with Gasteiger partial charge in [0.25, 0.3) is 17.5 Å². The second-order valence-electron chi connectivity index (χ2n) is 8.48. The van der Waals surface area contributed by atoms with Crippen LogP contribution in [0.2, 0.25) is 0 Å². The Morgan fingerprint density at radius 1 is 1.00 bits per heavy atom. The number of rotatable bonds is 8. The van der Waals surface area contributed by atoms with Crippen LogP contribution < -0.4 is 9.99 Å². The van der Waals surface area contributed by atoms with Gasteiger partial charge in [0.05, 0.1) is 35.5 Å². The van der Waals surface area contributed by atoms with E-state index >= 15 is 0 Å². The van der Waals surface area contributed by atoms with E-state index in [1.807, 2.05) is 35.2 Å². The first kappa shape index (κ1) is 23.8. The normalized spacial score (nSPS) is 12.9. The van der Waals surface area contributed by atoms with Crippen molar-refractivity contribution in [3.05, 3.63) is 111 Å². The number of imide groups is 1. The minimum atomic E-state index is -0.431. The Bertz CT molecular complexity index is 1540. The molecule has 1 aromatic heterocycles. The summed E-state index contributed by atoms with van der Waals surface area (Å²) in [5, 5.41) is 25.7. The number of aliphatic hydroxyl groups is 1. The summed E-state index contributed by atoms with van der Waals surface area (Å²) in [6.45, 7) is 0.181. The van der Waals surface area contributed by atoms with Gasteiger partial charge in [0.2, 0.25) is 0 Å². The number of pyridine rings is 1. The molecule has 0 bridgehead atoms. The molecule has 2 heterocycles. The summed E-state index contributed by atoms with van der Waals surface area (Å²) in [5.74, 6) is -0.862. The number of carbonyl (C=O) groups is 2. The molecule has 5 rings (SSSR count). The standard InChI is InChI=1S/C27H21N5O5/c33-14-13-31-26(34)22-5-1-4-21-24(11-10-23(25(21)22)27(31)35)29-28-15-19-3-2-12-30(17-19)16-18-6-8-20(9-7-18)32(36)37/h1-12,15,17,33H,13-14,16H2/p+1/b28-15+. The molecule has 1 aliphatic rings. The van der Waals surface area contributed by atoms with Crippen molar-refractivity contribution in [1.29, 1.82) is 0 Å². The highest BCUT2D eigenvalue weighted by Gasteiger charge is 2.32. The smallest absolute Gasteiger partial charge is 0.269 e. The number of anilines is 1. The minimum Gasteiger partial charge on any atom is -0.395 e. The van der Waals surface area contributed by atoms with E-state index in [2.05, 4.69) is 10.5 Å². The van der Waals surface area contributed by atoms with Gasteiger partial charge in [0.15, 0.2) is 18.9 Å². The maximum Gasteiger partial charge on any atom is 0.269 e. The molecule has 184 valence electrons. The van der Waals surface area contributed by atoms with Gasteiger partial charge in [0.1, 0.15) is 0 Å². The third kappa shape index (κ3) is 4.65. The summed E-state index contributed by atoms with van der Waals surface area (Å²) in [4.78, 5) is 37.2. The zero-order valence-electron chi connectivity index (χ0n) is 19.6. The fraction of sp³-hybridized carbons (Fsp3) is 0.111. The van der Waals surface area contributed by atoms with Gasteiger partial charge in [-0.3, -0.25) is 30.0 Å². The molecule has 4 aromatic rings. The fourth-order valence-corrected chi connectivity index (χ4v) is 4.37. The number of nitro groups is 1. The number of carbonyl (C=O) groups excluding carboxylic acids is 2. The van der Waals surface area contributed by atoms with E-state index in [1.54, 1.807) is 42.6 Å². The average molecular weight is 497 g/mol. The Morgan fingerprint density at radius 2 is 1.76 bits per heavy atom. The van der Waals surface area contributed by atoms with Crippen LogP contribution in [0.3, 0.4) is 0 Å². The van der Waals surface area contributed by atoms with Gasteiger partial charge in [-0.2, -0.15) is 5.10 Å². The maximum absolute atomic E-state index is 12.8. The highest BCUT2D eigenvalue weighted by Crippen LogP contribution is 2.34. The van der Waals surface area contributed by atoms with Crippen molar-refractivity contribution in [2.45, 2.75) is 6.54 Å². The number of nitrogens with one attached hydrogen (secondary N) is 1. The summed E-state index contributed by atoms with van der Waals surface area (Å²) in [6.07, 6.45) is 5.45. The van der Waals surface area contributed by atoms with E-state index in [-0.39, 0.29) is 18.8 Å². The Morgan fingerprint density at radius 3 is 2.49 bits per heavy atom. The number of aromatic nitrogens is 1. The molecule has 2 N–H and O–H groups in total. The third-order valence-electron chi connectivity index (χ3n) is 6.11. The van der Waals surface area contributed by atoms with Crippen LogP contribution >= 0.6 is 0 Å². The van der Waals surface area contributed by atoms with E-state index in [9.17, 15) is 24.8 Å². The lowest BCUT2D eigenvalue weighted by Gasteiger charge is -2.27. The zero-order chi connectivity index (χ0) is 25.9. The predicted octanol–water partition coefficient (Wildman–Crippen LogP) is 3.12. The number of nitro benzene ring substituents is 1. The second kappa shape index (κ2) is 9.96. The quantitative estimate of drug-likeness (QED) is 0.127. The highest BCUT2D eigenvalue weighted by molar-refractivity contribution is 6.26. The first-order valence-electron chi connectivity index (χ1n) is 11.5. The molecule has 0 unspecified atom stereocenters. The van der Waals surface area contributed by atoms with E-state index in [0.717, 1.165) is 16.0 Å². The van der Waals surface area contributed by atoms with Gasteiger partial charge < -0.3 is 5.11 Å². The summed E-state index contributed by atoms with van der Waals surface area (Å²) in [6, 6.07) is 18.8. The molecule has 0 fully saturated rings. The minimum absolute atomic E-state index is 0.0515. The topological polar surface area (TPSA) is 129 Å². The van der Waals surface area contributed by atoms with Gasteiger partial charge >= 0.3 is 0 Å². The summed E-state index contributed by atoms with van der Waals surface area (Å²) >= 11 is 0. The van der Waals surface area contributed by atoms with Crippen molar-refractivity contribution < 1.29 is 24.2 Å². The predicted molar refractivity (Wildman–Crippen MR) is 136 cm³/mol. The molecule has 37 heavy (non-hydrogen) atoms. The van der Waals surface area contributed by atoms with Gasteiger partial charge in [-0.05, 0) is 36.4 Å². The largest absolute Gasteiger partial charge is 0.395 e. The van der Waals surface area contributed by atoms with Crippen molar-refractivity contribution >= 4 is 40.2 Å². The SMILES string of the molecule is O=C1c2cccc3c(N/N=C/c4ccc[n+](Cc5ccc([N+](=O)[O-])cc5)c4)ccc(c23)C(=O)N1CCO. The molecule has 1 aliphatic heterocycles. The van der Waals surface area contributed by atoms with E-state index in [4.69, 9.17) is 0 Å². The van der Waals surface area contributed by atoms with Crippen LogP contribution in [0.5, 0.6) is 0 Å². The van der Waals surface area contributed by atoms with Crippen LogP contribution in [0, 0.1) is 10.1 Å². The van der Waals surface area contributed by atoms with Crippen LogP contribution in [-0.4, -0.2) is 46.1 Å². The third-order valence-corrected chi connectivity index (χ3v) is 6.11. The lowest BCUT2D eigenvalue weighted by atomic mass is 9.93. The van der Waals surface area contributed by atoms with Crippen molar-refractivity contribution in [2.24, 2.45) is 5.10 Å². The molecule has 3 aromatic carbocycles. The van der Waals surface area contributed by atoms with Crippen LogP contribution in [0.25, 0.3) is 10.8 Å². The van der Waals surface area contributed by atoms with Gasteiger partial charge in [-0.25, -0.2) is 4.57 Å².